The molecule has 0 saturated carbocycles. The lowest BCUT2D eigenvalue weighted by Crippen LogP contribution is -2.42. The largest absolute Gasteiger partial charge is 0.497 e. The monoisotopic (exact) mass is 596 g/mol. The van der Waals surface area contributed by atoms with Crippen LogP contribution >= 0.6 is 23.4 Å². The molecule has 11 heteroatoms. The van der Waals surface area contributed by atoms with E-state index in [9.17, 15) is 28.2 Å². The van der Waals surface area contributed by atoms with Crippen LogP contribution in [0, 0.1) is 5.41 Å². The molecule has 40 heavy (non-hydrogen) atoms. The molecule has 0 bridgehead atoms. The van der Waals surface area contributed by atoms with Crippen LogP contribution in [-0.2, 0) is 11.0 Å². The molecule has 0 aliphatic carbocycles. The van der Waals surface area contributed by atoms with Gasteiger partial charge in [-0.15, -0.1) is 11.8 Å². The van der Waals surface area contributed by atoms with Gasteiger partial charge < -0.3 is 19.8 Å². The van der Waals surface area contributed by atoms with Crippen LogP contribution in [0.1, 0.15) is 49.3 Å². The first kappa shape index (κ1) is 30.4. The molecule has 1 aliphatic heterocycles. The summed E-state index contributed by atoms with van der Waals surface area (Å²) in [6.45, 7) is 1.88. The average Bonchev–Trinajstić information content (AvgIpc) is 2.92. The number of carboxylic acid groups (broad SMARTS) is 1. The number of aliphatic hydroxyl groups excluding tert-OH is 1. The van der Waals surface area contributed by atoms with Crippen LogP contribution < -0.4 is 4.74 Å². The highest BCUT2D eigenvalue weighted by Gasteiger charge is 2.37. The van der Waals surface area contributed by atoms with Gasteiger partial charge in [-0.3, -0.25) is 9.78 Å². The maximum atomic E-state index is 13.3. The van der Waals surface area contributed by atoms with Gasteiger partial charge in [-0.1, -0.05) is 23.7 Å². The minimum Gasteiger partial charge on any atom is -0.497 e. The summed E-state index contributed by atoms with van der Waals surface area (Å²) in [5.41, 5.74) is 0.0955. The van der Waals surface area contributed by atoms with Gasteiger partial charge in [0.1, 0.15) is 5.75 Å². The van der Waals surface area contributed by atoms with E-state index in [2.05, 4.69) is 9.88 Å². The Morgan fingerprint density at radius 2 is 1.95 bits per heavy atom. The fraction of sp³-hybridized carbons (Fsp3) is 0.448. The Labute approximate surface area is 240 Å². The number of hydrogen-bond acceptors (Lipinski definition) is 6. The first-order chi connectivity index (χ1) is 19.0. The Kier molecular flexibility index (Phi) is 9.87. The number of carboxylic acids is 1. The number of rotatable bonds is 11. The number of thioether (sulfide) groups is 1. The zero-order valence-electron chi connectivity index (χ0n) is 22.1. The summed E-state index contributed by atoms with van der Waals surface area (Å²) in [5, 5.41) is 21.9. The van der Waals surface area contributed by atoms with Crippen LogP contribution in [0.4, 0.5) is 13.2 Å². The van der Waals surface area contributed by atoms with Gasteiger partial charge in [0.2, 0.25) is 0 Å². The van der Waals surface area contributed by atoms with Crippen molar-refractivity contribution in [3.63, 3.8) is 0 Å². The van der Waals surface area contributed by atoms with Crippen molar-refractivity contribution in [2.45, 2.75) is 49.3 Å². The predicted molar refractivity (Wildman–Crippen MR) is 150 cm³/mol. The summed E-state index contributed by atoms with van der Waals surface area (Å²) in [7, 11) is 1.55. The van der Waals surface area contributed by atoms with Gasteiger partial charge in [0.25, 0.3) is 0 Å². The third-order valence-corrected chi connectivity index (χ3v) is 9.00. The molecule has 0 amide bonds. The SMILES string of the molecule is COc1ccc2ncc(Cl)c([C@@H](O)CCC3(CC(=O)O)CCN(CCSc4ccccc4C(F)(F)F)CC3)c2c1. The van der Waals surface area contributed by atoms with E-state index in [0.717, 1.165) is 6.07 Å². The van der Waals surface area contributed by atoms with Gasteiger partial charge in [-0.05, 0) is 74.5 Å². The number of halogens is 4. The summed E-state index contributed by atoms with van der Waals surface area (Å²) in [6, 6.07) is 10.9. The summed E-state index contributed by atoms with van der Waals surface area (Å²) < 4.78 is 45.2. The molecule has 1 atom stereocenters. The number of benzene rings is 2. The van der Waals surface area contributed by atoms with Crippen molar-refractivity contribution in [3.05, 3.63) is 64.8 Å². The number of methoxy groups -OCH3 is 1. The van der Waals surface area contributed by atoms with Crippen LogP contribution in [0.5, 0.6) is 5.75 Å². The lowest BCUT2D eigenvalue weighted by molar-refractivity contribution is -0.141. The molecule has 2 aromatic carbocycles. The maximum Gasteiger partial charge on any atom is 0.417 e. The first-order valence-electron chi connectivity index (χ1n) is 13.0. The van der Waals surface area contributed by atoms with Crippen molar-refractivity contribution < 1.29 is 32.9 Å². The van der Waals surface area contributed by atoms with Crippen LogP contribution in [0.3, 0.4) is 0 Å². The fourth-order valence-corrected chi connectivity index (χ4v) is 6.78. The Balaban J connectivity index is 1.38. The van der Waals surface area contributed by atoms with Gasteiger partial charge in [-0.2, -0.15) is 13.2 Å². The van der Waals surface area contributed by atoms with Gasteiger partial charge in [0, 0.05) is 34.3 Å². The van der Waals surface area contributed by atoms with Crippen LogP contribution in [-0.4, -0.2) is 58.6 Å². The summed E-state index contributed by atoms with van der Waals surface area (Å²) in [5.74, 6) is 0.216. The van der Waals surface area contributed by atoms with E-state index in [0.29, 0.717) is 78.3 Å². The van der Waals surface area contributed by atoms with Crippen molar-refractivity contribution in [3.8, 4) is 5.75 Å². The number of aliphatic carboxylic acids is 1. The van der Waals surface area contributed by atoms with Gasteiger partial charge in [0.05, 0.1) is 35.7 Å². The molecule has 1 saturated heterocycles. The Hall–Kier alpha value is -2.53. The van der Waals surface area contributed by atoms with Crippen LogP contribution in [0.15, 0.2) is 53.6 Å². The number of pyridine rings is 1. The second-order valence-electron chi connectivity index (χ2n) is 10.2. The second-order valence-corrected chi connectivity index (χ2v) is 11.8. The van der Waals surface area contributed by atoms with Crippen molar-refractivity contribution in [1.29, 1.82) is 0 Å². The van der Waals surface area contributed by atoms with Crippen molar-refractivity contribution in [2.24, 2.45) is 5.41 Å². The average molecular weight is 597 g/mol. The number of carbonyl (C=O) groups is 1. The Morgan fingerprint density at radius 3 is 2.62 bits per heavy atom. The standard InChI is InChI=1S/C29H32ClF3N2O4S/c1-39-19-6-7-23-20(16-19)27(22(30)18-34-23)24(36)8-9-28(17-26(37)38)10-12-35(13-11-28)14-15-40-25-5-3-2-4-21(25)29(31,32)33/h2-7,16,18,24,36H,8-15,17H2,1H3,(H,37,38)/t24-/m0/s1. The Morgan fingerprint density at radius 1 is 1.23 bits per heavy atom. The molecule has 3 aromatic rings. The lowest BCUT2D eigenvalue weighted by Gasteiger charge is -2.41. The number of piperidine rings is 1. The highest BCUT2D eigenvalue weighted by Crippen LogP contribution is 2.43. The zero-order valence-corrected chi connectivity index (χ0v) is 23.7. The van der Waals surface area contributed by atoms with Gasteiger partial charge in [-0.25, -0.2) is 0 Å². The van der Waals surface area contributed by atoms with E-state index in [-0.39, 0.29) is 11.3 Å². The summed E-state index contributed by atoms with van der Waals surface area (Å²) in [4.78, 5) is 18.5. The fourth-order valence-electron chi connectivity index (χ4n) is 5.42. The molecule has 6 nitrogen and oxygen atoms in total. The molecule has 0 radical (unpaired) electrons. The van der Waals surface area contributed by atoms with Gasteiger partial charge in [0.15, 0.2) is 0 Å². The molecule has 2 heterocycles. The van der Waals surface area contributed by atoms with Crippen LogP contribution in [0.2, 0.25) is 5.02 Å². The molecule has 216 valence electrons. The molecule has 1 fully saturated rings. The number of aliphatic hydroxyl groups is 1. The number of hydrogen-bond donors (Lipinski definition) is 2. The zero-order chi connectivity index (χ0) is 28.9. The quantitative estimate of drug-likeness (QED) is 0.229. The topological polar surface area (TPSA) is 82.9 Å². The number of likely N-dealkylation sites (tertiary alicyclic amines) is 1. The molecule has 0 spiro atoms. The molecular formula is C29H32ClF3N2O4S. The Bertz CT molecular complexity index is 1330. The maximum absolute atomic E-state index is 13.3. The first-order valence-corrected chi connectivity index (χ1v) is 14.4. The van der Waals surface area contributed by atoms with E-state index in [1.807, 2.05) is 0 Å². The number of ether oxygens (including phenoxy) is 1. The lowest BCUT2D eigenvalue weighted by atomic mass is 9.71. The van der Waals surface area contributed by atoms with E-state index in [1.54, 1.807) is 31.4 Å². The third-order valence-electron chi connectivity index (χ3n) is 7.65. The van der Waals surface area contributed by atoms with Crippen molar-refractivity contribution in [2.75, 3.05) is 32.5 Å². The van der Waals surface area contributed by atoms with E-state index in [4.69, 9.17) is 16.3 Å². The number of alkyl halides is 3. The molecule has 1 aromatic heterocycles. The van der Waals surface area contributed by atoms with E-state index in [1.165, 1.54) is 30.1 Å². The van der Waals surface area contributed by atoms with E-state index < -0.39 is 29.2 Å². The normalized spacial score (nSPS) is 16.6. The number of nitrogens with zero attached hydrogens (tertiary/aromatic N) is 2. The van der Waals surface area contributed by atoms with E-state index >= 15 is 0 Å². The highest BCUT2D eigenvalue weighted by molar-refractivity contribution is 7.99. The predicted octanol–water partition coefficient (Wildman–Crippen LogP) is 7.08. The molecule has 4 rings (SSSR count). The highest BCUT2D eigenvalue weighted by atomic mass is 35.5. The van der Waals surface area contributed by atoms with Crippen molar-refractivity contribution in [1.82, 2.24) is 9.88 Å². The van der Waals surface area contributed by atoms with Crippen LogP contribution in [0.25, 0.3) is 10.9 Å². The number of aromatic nitrogens is 1. The minimum absolute atomic E-state index is 0.0140. The smallest absolute Gasteiger partial charge is 0.417 e. The number of fused-ring (bicyclic) bond motifs is 1. The molecular weight excluding hydrogens is 565 g/mol. The molecule has 1 aliphatic rings. The second kappa shape index (κ2) is 13.0. The third kappa shape index (κ3) is 7.40. The summed E-state index contributed by atoms with van der Waals surface area (Å²) in [6.07, 6.45) is -1.76. The van der Waals surface area contributed by atoms with Crippen molar-refractivity contribution >= 4 is 40.2 Å². The minimum atomic E-state index is -4.39. The molecule has 0 unspecified atom stereocenters. The van der Waals surface area contributed by atoms with Gasteiger partial charge >= 0.3 is 12.1 Å². The molecule has 2 N–H and O–H groups in total. The summed E-state index contributed by atoms with van der Waals surface area (Å²) >= 11 is 7.63.